The zero-order valence-corrected chi connectivity index (χ0v) is 14.6. The molecule has 0 saturated carbocycles. The Morgan fingerprint density at radius 1 is 1.20 bits per heavy atom. The molecule has 0 unspecified atom stereocenters. The van der Waals surface area contributed by atoms with Crippen molar-refractivity contribution in [2.24, 2.45) is 5.10 Å². The first-order valence-electron chi connectivity index (χ1n) is 8.38. The van der Waals surface area contributed by atoms with Gasteiger partial charge in [0.15, 0.2) is 11.5 Å². The Morgan fingerprint density at radius 2 is 2.08 bits per heavy atom. The molecule has 1 N–H and O–H groups in total. The number of amides is 1. The zero-order valence-electron chi connectivity index (χ0n) is 14.6. The average molecular weight is 341 g/mol. The van der Waals surface area contributed by atoms with Gasteiger partial charge < -0.3 is 9.47 Å². The predicted octanol–water partition coefficient (Wildman–Crippen LogP) is 3.42. The van der Waals surface area contributed by atoms with Crippen LogP contribution in [0.25, 0.3) is 0 Å². The van der Waals surface area contributed by atoms with E-state index in [1.54, 1.807) is 30.6 Å². The minimum atomic E-state index is -0.360. The smallest absolute Gasteiger partial charge is 0.289 e. The Hall–Kier alpha value is -2.89. The van der Waals surface area contributed by atoms with Crippen LogP contribution in [0.15, 0.2) is 47.7 Å². The number of unbranched alkanes of at least 4 members (excludes halogenated alkanes) is 1. The van der Waals surface area contributed by atoms with Gasteiger partial charge in [-0.1, -0.05) is 19.4 Å². The number of rotatable bonds is 9. The van der Waals surface area contributed by atoms with Gasteiger partial charge in [-0.05, 0) is 49.2 Å². The molecule has 0 spiro atoms. The van der Waals surface area contributed by atoms with Crippen LogP contribution >= 0.6 is 0 Å². The molecule has 0 atom stereocenters. The molecule has 132 valence electrons. The quantitative estimate of drug-likeness (QED) is 0.431. The van der Waals surface area contributed by atoms with Crippen LogP contribution in [0.4, 0.5) is 0 Å². The number of hydrazone groups is 1. The Balaban J connectivity index is 2.01. The molecule has 1 amide bonds. The summed E-state index contributed by atoms with van der Waals surface area (Å²) in [6, 6.07) is 10.7. The fraction of sp³-hybridized carbons (Fsp3) is 0.316. The molecule has 1 aromatic heterocycles. The van der Waals surface area contributed by atoms with Crippen molar-refractivity contribution >= 4 is 12.1 Å². The van der Waals surface area contributed by atoms with E-state index in [-0.39, 0.29) is 5.91 Å². The molecule has 6 nitrogen and oxygen atoms in total. The van der Waals surface area contributed by atoms with Gasteiger partial charge in [-0.25, -0.2) is 5.43 Å². The summed E-state index contributed by atoms with van der Waals surface area (Å²) in [5, 5.41) is 3.96. The van der Waals surface area contributed by atoms with E-state index in [0.29, 0.717) is 30.4 Å². The lowest BCUT2D eigenvalue weighted by atomic mass is 10.2. The summed E-state index contributed by atoms with van der Waals surface area (Å²) in [4.78, 5) is 15.8. The van der Waals surface area contributed by atoms with Gasteiger partial charge in [0.1, 0.15) is 5.69 Å². The van der Waals surface area contributed by atoms with E-state index in [4.69, 9.17) is 9.47 Å². The molecule has 2 aromatic rings. The van der Waals surface area contributed by atoms with E-state index in [9.17, 15) is 4.79 Å². The normalized spacial score (nSPS) is 10.6. The van der Waals surface area contributed by atoms with E-state index in [1.807, 2.05) is 25.1 Å². The van der Waals surface area contributed by atoms with Crippen molar-refractivity contribution in [3.63, 3.8) is 0 Å². The lowest BCUT2D eigenvalue weighted by molar-refractivity contribution is 0.0950. The highest BCUT2D eigenvalue weighted by molar-refractivity contribution is 5.93. The number of pyridine rings is 1. The largest absolute Gasteiger partial charge is 0.490 e. The minimum absolute atomic E-state index is 0.314. The van der Waals surface area contributed by atoms with Gasteiger partial charge in [0.05, 0.1) is 19.4 Å². The molecule has 6 heteroatoms. The first-order valence-corrected chi connectivity index (χ1v) is 8.38. The van der Waals surface area contributed by atoms with Crippen LogP contribution in [-0.4, -0.2) is 30.3 Å². The Labute approximate surface area is 147 Å². The fourth-order valence-electron chi connectivity index (χ4n) is 2.04. The number of aromatic nitrogens is 1. The van der Waals surface area contributed by atoms with Gasteiger partial charge in [-0.2, -0.15) is 5.10 Å². The topological polar surface area (TPSA) is 72.8 Å². The zero-order chi connectivity index (χ0) is 17.9. The molecular formula is C19H23N3O3. The van der Waals surface area contributed by atoms with Crippen LogP contribution in [-0.2, 0) is 0 Å². The second kappa shape index (κ2) is 10.1. The summed E-state index contributed by atoms with van der Waals surface area (Å²) in [6.45, 7) is 5.24. The van der Waals surface area contributed by atoms with Gasteiger partial charge in [-0.15, -0.1) is 0 Å². The van der Waals surface area contributed by atoms with Crippen molar-refractivity contribution in [1.82, 2.24) is 10.4 Å². The Morgan fingerprint density at radius 3 is 2.80 bits per heavy atom. The second-order valence-corrected chi connectivity index (χ2v) is 5.26. The number of carbonyl (C=O) groups is 1. The molecule has 25 heavy (non-hydrogen) atoms. The standard InChI is InChI=1S/C19H23N3O3/c1-3-5-12-25-17-10-9-15(13-18(17)24-4-2)14-21-22-19(23)16-8-6-7-11-20-16/h6-11,13-14H,3-5,12H2,1-2H3,(H,22,23)/b21-14-. The molecule has 0 radical (unpaired) electrons. The molecule has 0 aliphatic rings. The maximum absolute atomic E-state index is 11.9. The number of nitrogens with one attached hydrogen (secondary N) is 1. The van der Waals surface area contributed by atoms with Crippen LogP contribution in [0.1, 0.15) is 42.7 Å². The molecule has 0 fully saturated rings. The number of hydrogen-bond donors (Lipinski definition) is 1. The monoisotopic (exact) mass is 341 g/mol. The van der Waals surface area contributed by atoms with Crippen molar-refractivity contribution < 1.29 is 14.3 Å². The predicted molar refractivity (Wildman–Crippen MR) is 97.3 cm³/mol. The second-order valence-electron chi connectivity index (χ2n) is 5.26. The number of hydrogen-bond acceptors (Lipinski definition) is 5. The number of nitrogens with zero attached hydrogens (tertiary/aromatic N) is 2. The first kappa shape index (κ1) is 18.4. The third-order valence-corrected chi connectivity index (χ3v) is 3.30. The molecule has 1 aromatic carbocycles. The van der Waals surface area contributed by atoms with Crippen LogP contribution in [0.2, 0.25) is 0 Å². The highest BCUT2D eigenvalue weighted by Gasteiger charge is 2.07. The highest BCUT2D eigenvalue weighted by atomic mass is 16.5. The van der Waals surface area contributed by atoms with E-state index in [1.165, 1.54) is 0 Å². The Kier molecular flexibility index (Phi) is 7.43. The molecule has 0 aliphatic heterocycles. The summed E-state index contributed by atoms with van der Waals surface area (Å²) < 4.78 is 11.4. The fourth-order valence-corrected chi connectivity index (χ4v) is 2.04. The van der Waals surface area contributed by atoms with Crippen molar-refractivity contribution in [2.45, 2.75) is 26.7 Å². The van der Waals surface area contributed by atoms with Gasteiger partial charge >= 0.3 is 0 Å². The highest BCUT2D eigenvalue weighted by Crippen LogP contribution is 2.28. The average Bonchev–Trinajstić information content (AvgIpc) is 2.64. The third-order valence-electron chi connectivity index (χ3n) is 3.30. The summed E-state index contributed by atoms with van der Waals surface area (Å²) in [6.07, 6.45) is 5.18. The number of carbonyl (C=O) groups excluding carboxylic acids is 1. The van der Waals surface area contributed by atoms with E-state index >= 15 is 0 Å². The van der Waals surface area contributed by atoms with E-state index in [0.717, 1.165) is 18.4 Å². The van der Waals surface area contributed by atoms with E-state index in [2.05, 4.69) is 22.4 Å². The lowest BCUT2D eigenvalue weighted by Crippen LogP contribution is -2.18. The van der Waals surface area contributed by atoms with Crippen molar-refractivity contribution in [1.29, 1.82) is 0 Å². The summed E-state index contributed by atoms with van der Waals surface area (Å²) in [7, 11) is 0. The van der Waals surface area contributed by atoms with Crippen molar-refractivity contribution in [2.75, 3.05) is 13.2 Å². The summed E-state index contributed by atoms with van der Waals surface area (Å²) >= 11 is 0. The first-order chi connectivity index (χ1) is 12.2. The van der Waals surface area contributed by atoms with E-state index < -0.39 is 0 Å². The number of ether oxygens (including phenoxy) is 2. The minimum Gasteiger partial charge on any atom is -0.490 e. The molecule has 1 heterocycles. The van der Waals surface area contributed by atoms with Crippen molar-refractivity contribution in [3.05, 3.63) is 53.9 Å². The van der Waals surface area contributed by atoms with Gasteiger partial charge in [0.25, 0.3) is 5.91 Å². The van der Waals surface area contributed by atoms with Crippen molar-refractivity contribution in [3.8, 4) is 11.5 Å². The lowest BCUT2D eigenvalue weighted by Gasteiger charge is -2.12. The molecule has 0 saturated heterocycles. The Bertz CT molecular complexity index is 702. The molecule has 0 aliphatic carbocycles. The summed E-state index contributed by atoms with van der Waals surface area (Å²) in [5.41, 5.74) is 3.56. The number of benzene rings is 1. The van der Waals surface area contributed by atoms with Gasteiger partial charge in [-0.3, -0.25) is 9.78 Å². The SMILES string of the molecule is CCCCOc1ccc(/C=N\NC(=O)c2ccccn2)cc1OCC. The maximum atomic E-state index is 11.9. The van der Waals surface area contributed by atoms with Crippen LogP contribution in [0.3, 0.4) is 0 Å². The maximum Gasteiger partial charge on any atom is 0.289 e. The van der Waals surface area contributed by atoms with Crippen LogP contribution < -0.4 is 14.9 Å². The third kappa shape index (κ3) is 5.91. The van der Waals surface area contributed by atoms with Gasteiger partial charge in [0.2, 0.25) is 0 Å². The molecular weight excluding hydrogens is 318 g/mol. The molecule has 0 bridgehead atoms. The van der Waals surface area contributed by atoms with Crippen LogP contribution in [0.5, 0.6) is 11.5 Å². The molecule has 2 rings (SSSR count). The van der Waals surface area contributed by atoms with Gasteiger partial charge in [0, 0.05) is 6.20 Å². The van der Waals surface area contributed by atoms with Crippen LogP contribution in [0, 0.1) is 0 Å². The summed E-state index contributed by atoms with van der Waals surface area (Å²) in [5.74, 6) is 1.02.